The minimum atomic E-state index is -0.424. The van der Waals surface area contributed by atoms with E-state index in [4.69, 9.17) is 9.15 Å². The first-order chi connectivity index (χ1) is 11.2. The van der Waals surface area contributed by atoms with E-state index in [-0.39, 0.29) is 6.01 Å². The third-order valence-corrected chi connectivity index (χ3v) is 3.74. The van der Waals surface area contributed by atoms with Gasteiger partial charge in [-0.3, -0.25) is 10.6 Å². The number of ether oxygens (including phenoxy) is 1. The molecule has 0 bridgehead atoms. The lowest BCUT2D eigenvalue weighted by Gasteiger charge is -2.01. The van der Waals surface area contributed by atoms with E-state index in [0.717, 1.165) is 16.3 Å². The summed E-state index contributed by atoms with van der Waals surface area (Å²) < 4.78 is 10.5. The van der Waals surface area contributed by atoms with Gasteiger partial charge >= 0.3 is 12.0 Å². The minimum absolute atomic E-state index is 0.0579. The van der Waals surface area contributed by atoms with Gasteiger partial charge in [0, 0.05) is 0 Å². The Morgan fingerprint density at radius 2 is 2.04 bits per heavy atom. The van der Waals surface area contributed by atoms with Gasteiger partial charge in [-0.15, -0.1) is 16.4 Å². The maximum Gasteiger partial charge on any atom is 0.327 e. The normalized spacial score (nSPS) is 10.3. The molecule has 7 nitrogen and oxygen atoms in total. The maximum atomic E-state index is 11.8. The number of anilines is 2. The summed E-state index contributed by atoms with van der Waals surface area (Å²) in [5.74, 6) is 1.20. The van der Waals surface area contributed by atoms with Crippen molar-refractivity contribution in [3.05, 3.63) is 53.2 Å². The summed E-state index contributed by atoms with van der Waals surface area (Å²) in [6, 6.07) is 10.8. The molecular weight excluding hydrogens is 316 g/mol. The number of rotatable bonds is 5. The SMILES string of the molecule is COc1ccc(Cc2nnc(NC(=O)Nc3cccs3)o2)cc1. The summed E-state index contributed by atoms with van der Waals surface area (Å²) in [6.45, 7) is 0. The molecule has 2 heterocycles. The number of benzene rings is 1. The summed E-state index contributed by atoms with van der Waals surface area (Å²) in [5, 5.41) is 15.5. The maximum absolute atomic E-state index is 11.8. The predicted octanol–water partition coefficient (Wildman–Crippen LogP) is 3.37. The fraction of sp³-hybridized carbons (Fsp3) is 0.133. The average Bonchev–Trinajstić information content (AvgIpc) is 3.20. The van der Waals surface area contributed by atoms with Gasteiger partial charge in [0.15, 0.2) is 0 Å². The van der Waals surface area contributed by atoms with E-state index in [1.54, 1.807) is 13.2 Å². The number of amides is 2. The fourth-order valence-electron chi connectivity index (χ4n) is 1.88. The first kappa shape index (κ1) is 15.0. The number of nitrogens with zero attached hydrogens (tertiary/aromatic N) is 2. The highest BCUT2D eigenvalue weighted by Gasteiger charge is 2.10. The van der Waals surface area contributed by atoms with Crippen LogP contribution < -0.4 is 15.4 Å². The van der Waals surface area contributed by atoms with Crippen LogP contribution >= 0.6 is 11.3 Å². The Labute approximate surface area is 136 Å². The van der Waals surface area contributed by atoms with Crippen LogP contribution in [0.3, 0.4) is 0 Å². The summed E-state index contributed by atoms with van der Waals surface area (Å²) >= 11 is 1.42. The fourth-order valence-corrected chi connectivity index (χ4v) is 2.50. The Balaban J connectivity index is 1.57. The molecule has 23 heavy (non-hydrogen) atoms. The van der Waals surface area contributed by atoms with E-state index in [9.17, 15) is 4.79 Å². The van der Waals surface area contributed by atoms with Crippen molar-refractivity contribution in [1.29, 1.82) is 0 Å². The Hall–Kier alpha value is -2.87. The van der Waals surface area contributed by atoms with Crippen LogP contribution in [0.5, 0.6) is 5.75 Å². The molecule has 0 radical (unpaired) electrons. The molecule has 0 fully saturated rings. The molecule has 2 amide bonds. The number of carbonyl (C=O) groups excluding carboxylic acids is 1. The number of carbonyl (C=O) groups is 1. The van der Waals surface area contributed by atoms with E-state index in [0.29, 0.717) is 12.3 Å². The largest absolute Gasteiger partial charge is 0.497 e. The highest BCUT2D eigenvalue weighted by molar-refractivity contribution is 7.14. The second-order valence-corrected chi connectivity index (χ2v) is 5.53. The number of nitrogens with one attached hydrogen (secondary N) is 2. The summed E-state index contributed by atoms with van der Waals surface area (Å²) in [7, 11) is 1.62. The number of urea groups is 1. The summed E-state index contributed by atoms with van der Waals surface area (Å²) in [5.41, 5.74) is 1.00. The van der Waals surface area contributed by atoms with Crippen molar-refractivity contribution in [3.63, 3.8) is 0 Å². The first-order valence-electron chi connectivity index (χ1n) is 6.80. The van der Waals surface area contributed by atoms with Gasteiger partial charge in [0.05, 0.1) is 18.5 Å². The van der Waals surface area contributed by atoms with Crippen LogP contribution in [0.2, 0.25) is 0 Å². The molecule has 0 saturated heterocycles. The third kappa shape index (κ3) is 4.07. The Kier molecular flexibility index (Phi) is 4.53. The molecule has 0 aliphatic carbocycles. The van der Waals surface area contributed by atoms with E-state index in [1.165, 1.54) is 11.3 Å². The molecule has 1 aromatic carbocycles. The molecule has 0 saturated carbocycles. The zero-order chi connectivity index (χ0) is 16.1. The molecule has 3 rings (SSSR count). The van der Waals surface area contributed by atoms with Crippen LogP contribution in [0.1, 0.15) is 11.5 Å². The van der Waals surface area contributed by atoms with E-state index in [2.05, 4.69) is 20.8 Å². The molecule has 0 atom stereocenters. The first-order valence-corrected chi connectivity index (χ1v) is 7.68. The van der Waals surface area contributed by atoms with Crippen molar-refractivity contribution >= 4 is 28.4 Å². The molecule has 8 heteroatoms. The number of hydrogen-bond acceptors (Lipinski definition) is 6. The lowest BCUT2D eigenvalue weighted by molar-refractivity contribution is 0.261. The van der Waals surface area contributed by atoms with Crippen molar-refractivity contribution in [3.8, 4) is 5.75 Å². The number of hydrogen-bond donors (Lipinski definition) is 2. The van der Waals surface area contributed by atoms with Gasteiger partial charge in [0.1, 0.15) is 5.75 Å². The molecular formula is C15H14N4O3S. The van der Waals surface area contributed by atoms with Gasteiger partial charge in [0.2, 0.25) is 5.89 Å². The van der Waals surface area contributed by atoms with Crippen LogP contribution in [0, 0.1) is 0 Å². The van der Waals surface area contributed by atoms with Gasteiger partial charge in [0.25, 0.3) is 0 Å². The van der Waals surface area contributed by atoms with Crippen LogP contribution in [0.25, 0.3) is 0 Å². The van der Waals surface area contributed by atoms with Crippen LogP contribution in [0.4, 0.5) is 15.8 Å². The highest BCUT2D eigenvalue weighted by Crippen LogP contribution is 2.17. The second-order valence-electron chi connectivity index (χ2n) is 4.58. The van der Waals surface area contributed by atoms with Crippen LogP contribution in [-0.2, 0) is 6.42 Å². The van der Waals surface area contributed by atoms with E-state index >= 15 is 0 Å². The molecule has 0 aliphatic heterocycles. The van der Waals surface area contributed by atoms with Gasteiger partial charge in [-0.25, -0.2) is 4.79 Å². The standard InChI is InChI=1S/C15H14N4O3S/c1-21-11-6-4-10(5-7-11)9-12-18-19-15(22-12)17-14(20)16-13-3-2-8-23-13/h2-8H,9H2,1H3,(H2,16,17,19,20). The van der Waals surface area contributed by atoms with Gasteiger partial charge in [-0.2, -0.15) is 0 Å². The van der Waals surface area contributed by atoms with Gasteiger partial charge < -0.3 is 9.15 Å². The molecule has 118 valence electrons. The Morgan fingerprint density at radius 3 is 2.74 bits per heavy atom. The summed E-state index contributed by atoms with van der Waals surface area (Å²) in [4.78, 5) is 11.8. The van der Waals surface area contributed by atoms with E-state index in [1.807, 2.05) is 35.7 Å². The van der Waals surface area contributed by atoms with Crippen LogP contribution in [0.15, 0.2) is 46.2 Å². The van der Waals surface area contributed by atoms with Crippen molar-refractivity contribution in [2.75, 3.05) is 17.7 Å². The Bertz CT molecular complexity index is 768. The molecule has 0 unspecified atom stereocenters. The smallest absolute Gasteiger partial charge is 0.327 e. The van der Waals surface area contributed by atoms with Crippen molar-refractivity contribution in [2.45, 2.75) is 6.42 Å². The lowest BCUT2D eigenvalue weighted by Crippen LogP contribution is -2.18. The molecule has 0 aliphatic rings. The number of aromatic nitrogens is 2. The molecule has 2 aromatic heterocycles. The third-order valence-electron chi connectivity index (χ3n) is 2.96. The molecule has 2 N–H and O–H groups in total. The van der Waals surface area contributed by atoms with E-state index < -0.39 is 6.03 Å². The number of thiophene rings is 1. The molecule has 0 spiro atoms. The van der Waals surface area contributed by atoms with Gasteiger partial charge in [-0.05, 0) is 35.2 Å². The Morgan fingerprint density at radius 1 is 1.22 bits per heavy atom. The van der Waals surface area contributed by atoms with Crippen LogP contribution in [-0.4, -0.2) is 23.3 Å². The van der Waals surface area contributed by atoms with Crippen molar-refractivity contribution in [1.82, 2.24) is 10.2 Å². The quantitative estimate of drug-likeness (QED) is 0.748. The average molecular weight is 330 g/mol. The summed E-state index contributed by atoms with van der Waals surface area (Å²) in [6.07, 6.45) is 0.477. The highest BCUT2D eigenvalue weighted by atomic mass is 32.1. The molecule has 3 aromatic rings. The second kappa shape index (κ2) is 6.93. The topological polar surface area (TPSA) is 89.3 Å². The zero-order valence-corrected chi connectivity index (χ0v) is 13.1. The number of methoxy groups -OCH3 is 1. The zero-order valence-electron chi connectivity index (χ0n) is 12.3. The van der Waals surface area contributed by atoms with Crippen molar-refractivity contribution < 1.29 is 13.9 Å². The van der Waals surface area contributed by atoms with Crippen molar-refractivity contribution in [2.24, 2.45) is 0 Å². The predicted molar refractivity (Wildman–Crippen MR) is 87.1 cm³/mol. The lowest BCUT2D eigenvalue weighted by atomic mass is 10.1. The minimum Gasteiger partial charge on any atom is -0.497 e. The monoisotopic (exact) mass is 330 g/mol. The van der Waals surface area contributed by atoms with Gasteiger partial charge in [-0.1, -0.05) is 17.2 Å².